The third-order valence-electron chi connectivity index (χ3n) is 3.95. The van der Waals surface area contributed by atoms with Gasteiger partial charge in [-0.2, -0.15) is 12.0 Å². The van der Waals surface area contributed by atoms with E-state index in [1.165, 1.54) is 0 Å². The number of halogens is 2. The van der Waals surface area contributed by atoms with Gasteiger partial charge in [0.05, 0.1) is 10.0 Å². The van der Waals surface area contributed by atoms with Gasteiger partial charge in [0.1, 0.15) is 0 Å². The van der Waals surface area contributed by atoms with E-state index in [-0.39, 0.29) is 28.9 Å². The van der Waals surface area contributed by atoms with Crippen LogP contribution >= 0.6 is 23.2 Å². The number of allylic oxidation sites excluding steroid dienone is 8. The topological polar surface area (TPSA) is 29.1 Å². The summed E-state index contributed by atoms with van der Waals surface area (Å²) in [7, 11) is 0. The van der Waals surface area contributed by atoms with E-state index in [1.54, 1.807) is 6.07 Å². The first-order valence-corrected chi connectivity index (χ1v) is 8.74. The zero-order valence-corrected chi connectivity index (χ0v) is 16.4. The number of carbonyl (C=O) groups excluding carboxylic acids is 1. The summed E-state index contributed by atoms with van der Waals surface area (Å²) in [6, 6.07) is 5.50. The molecule has 134 valence electrons. The maximum absolute atomic E-state index is 11.9. The molecule has 0 aromatic heterocycles. The Hall–Kier alpha value is -1.51. The molecule has 1 aliphatic heterocycles. The van der Waals surface area contributed by atoms with E-state index in [0.717, 1.165) is 16.8 Å². The average molecular weight is 426 g/mol. The molecule has 1 amide bonds. The van der Waals surface area contributed by atoms with Gasteiger partial charge < -0.3 is 5.32 Å². The second-order valence-electron chi connectivity index (χ2n) is 5.75. The number of rotatable bonds is 1. The number of amides is 1. The fraction of sp³-hybridized carbons (Fsp3) is 0.0952. The largest absolute Gasteiger partial charge is 2.00 e. The Balaban J connectivity index is 0.000000351. The van der Waals surface area contributed by atoms with Crippen LogP contribution in [0.5, 0.6) is 0 Å². The van der Waals surface area contributed by atoms with Gasteiger partial charge in [0.15, 0.2) is 0 Å². The minimum Gasteiger partial charge on any atom is -0.360 e. The number of hydrogen-bond donors (Lipinski definition) is 1. The van der Waals surface area contributed by atoms with Gasteiger partial charge in [-0.3, -0.25) is 4.79 Å². The molecule has 1 atom stereocenters. The van der Waals surface area contributed by atoms with E-state index in [0.29, 0.717) is 16.5 Å². The molecule has 26 heavy (non-hydrogen) atoms. The van der Waals surface area contributed by atoms with Crippen LogP contribution in [0.4, 0.5) is 0 Å². The zero-order valence-electron chi connectivity index (χ0n) is 13.8. The molecule has 5 heteroatoms. The first-order chi connectivity index (χ1) is 12.1. The van der Waals surface area contributed by atoms with Crippen LogP contribution in [0.1, 0.15) is 17.9 Å². The fourth-order valence-electron chi connectivity index (χ4n) is 2.70. The van der Waals surface area contributed by atoms with Crippen molar-refractivity contribution >= 4 is 29.1 Å². The second kappa shape index (κ2) is 9.99. The fourth-order valence-corrected chi connectivity index (χ4v) is 3.01. The molecular weight excluding hydrogens is 409 g/mol. The van der Waals surface area contributed by atoms with Crippen LogP contribution in [0.25, 0.3) is 0 Å². The predicted molar refractivity (Wildman–Crippen MR) is 104 cm³/mol. The monoisotopic (exact) mass is 425 g/mol. The molecule has 3 aliphatic rings. The van der Waals surface area contributed by atoms with Crippen molar-refractivity contribution in [3.8, 4) is 0 Å². The minimum atomic E-state index is 0. The number of carbonyl (C=O) groups is 1. The smallest absolute Gasteiger partial charge is 0.360 e. The third-order valence-corrected chi connectivity index (χ3v) is 4.69. The van der Waals surface area contributed by atoms with Crippen LogP contribution in [0.15, 0.2) is 65.9 Å². The van der Waals surface area contributed by atoms with Crippen molar-refractivity contribution in [2.45, 2.75) is 12.3 Å². The van der Waals surface area contributed by atoms with Gasteiger partial charge in [-0.1, -0.05) is 52.9 Å². The van der Waals surface area contributed by atoms with Gasteiger partial charge in [0.2, 0.25) is 5.91 Å². The third kappa shape index (κ3) is 5.49. The molecule has 1 saturated heterocycles. The van der Waals surface area contributed by atoms with Crippen molar-refractivity contribution in [3.63, 3.8) is 0 Å². The van der Waals surface area contributed by atoms with Crippen LogP contribution < -0.4 is 5.32 Å². The predicted octanol–water partition coefficient (Wildman–Crippen LogP) is 5.35. The Kier molecular flexibility index (Phi) is 7.99. The molecule has 4 rings (SSSR count). The quantitative estimate of drug-likeness (QED) is 0.477. The molecule has 1 unspecified atom stereocenters. The van der Waals surface area contributed by atoms with E-state index in [9.17, 15) is 4.79 Å². The first kappa shape index (κ1) is 20.8. The van der Waals surface area contributed by atoms with E-state index in [2.05, 4.69) is 11.7 Å². The average Bonchev–Trinajstić information content (AvgIpc) is 3.33. The van der Waals surface area contributed by atoms with Crippen molar-refractivity contribution in [2.24, 2.45) is 0 Å². The normalized spacial score (nSPS) is 19.9. The summed E-state index contributed by atoms with van der Waals surface area (Å²) in [6.45, 7) is 0. The summed E-state index contributed by atoms with van der Waals surface area (Å²) in [4.78, 5) is 11.9. The molecule has 2 radical (unpaired) electrons. The summed E-state index contributed by atoms with van der Waals surface area (Å²) in [5.74, 6) is 0.0307. The molecule has 0 bridgehead atoms. The SMILES string of the molecule is O=C1CC(c2ccc(Cl)c(Cl)c2)[CH-]C(=C2C=CC=C2)N1.[CH]1[CH][CH-]C=C1.[Fe+2]. The molecule has 0 spiro atoms. The Morgan fingerprint density at radius 3 is 2.42 bits per heavy atom. The van der Waals surface area contributed by atoms with E-state index in [4.69, 9.17) is 23.2 Å². The first-order valence-electron chi connectivity index (χ1n) is 7.99. The standard InChI is InChI=1S/C16H12Cl2NO.C5H5.Fe/c17-13-6-5-11(7-14(13)18)12-8-15(19-16(20)9-12)10-3-1-2-4-10;1-2-4-5-3-1;/h1-8,12H,9H2,(H,19,20);1-5H;/q2*-1;+2. The Labute approximate surface area is 175 Å². The van der Waals surface area contributed by atoms with Crippen LogP contribution in [0, 0.1) is 25.7 Å². The Morgan fingerprint density at radius 1 is 1.08 bits per heavy atom. The molecular formula is C21H17Cl2FeNO. The second-order valence-corrected chi connectivity index (χ2v) is 6.56. The van der Waals surface area contributed by atoms with Gasteiger partial charge in [-0.05, 0) is 12.1 Å². The summed E-state index contributed by atoms with van der Waals surface area (Å²) in [5, 5.41) is 3.94. The van der Waals surface area contributed by atoms with Gasteiger partial charge in [0.25, 0.3) is 0 Å². The van der Waals surface area contributed by atoms with Gasteiger partial charge >= 0.3 is 17.1 Å². The van der Waals surface area contributed by atoms with E-state index < -0.39 is 0 Å². The number of nitrogens with one attached hydrogen (secondary N) is 1. The molecule has 0 saturated carbocycles. The number of benzene rings is 1. The van der Waals surface area contributed by atoms with Crippen LogP contribution in [-0.2, 0) is 21.9 Å². The van der Waals surface area contributed by atoms with Gasteiger partial charge in [0, 0.05) is 6.42 Å². The molecule has 1 aromatic carbocycles. The van der Waals surface area contributed by atoms with Crippen molar-refractivity contribution in [1.29, 1.82) is 0 Å². The van der Waals surface area contributed by atoms with Crippen LogP contribution in [0.3, 0.4) is 0 Å². The summed E-state index contributed by atoms with van der Waals surface area (Å²) < 4.78 is 0. The van der Waals surface area contributed by atoms with Crippen LogP contribution in [-0.4, -0.2) is 5.91 Å². The molecule has 2 aliphatic carbocycles. The Bertz CT molecular complexity index is 760. The van der Waals surface area contributed by atoms with Crippen molar-refractivity contribution in [1.82, 2.24) is 5.32 Å². The van der Waals surface area contributed by atoms with Crippen molar-refractivity contribution < 1.29 is 21.9 Å². The minimum absolute atomic E-state index is 0. The molecule has 2 nitrogen and oxygen atoms in total. The number of piperidine rings is 1. The maximum Gasteiger partial charge on any atom is 2.00 e. The molecule has 1 N–H and O–H groups in total. The van der Waals surface area contributed by atoms with E-state index >= 15 is 0 Å². The van der Waals surface area contributed by atoms with Crippen molar-refractivity contribution in [3.05, 3.63) is 107 Å². The van der Waals surface area contributed by atoms with E-state index in [1.807, 2.05) is 67.9 Å². The Morgan fingerprint density at radius 2 is 1.85 bits per heavy atom. The number of hydrogen-bond acceptors (Lipinski definition) is 1. The summed E-state index contributed by atoms with van der Waals surface area (Å²) in [5.41, 5.74) is 2.86. The van der Waals surface area contributed by atoms with Gasteiger partial charge in [-0.15, -0.1) is 30.7 Å². The summed E-state index contributed by atoms with van der Waals surface area (Å²) in [6.07, 6.45) is 20.3. The van der Waals surface area contributed by atoms with Crippen LogP contribution in [0.2, 0.25) is 10.0 Å². The zero-order chi connectivity index (χ0) is 17.6. The molecule has 1 heterocycles. The van der Waals surface area contributed by atoms with Gasteiger partial charge in [-0.25, -0.2) is 18.6 Å². The maximum atomic E-state index is 11.9. The summed E-state index contributed by atoms with van der Waals surface area (Å²) >= 11 is 12.0. The molecule has 1 aromatic rings. The molecule has 1 fully saturated rings. The van der Waals surface area contributed by atoms with Crippen molar-refractivity contribution in [2.75, 3.05) is 0 Å².